The number of halogens is 4. The Hall–Kier alpha value is -3.63. The van der Waals surface area contributed by atoms with Crippen LogP contribution in [0.2, 0.25) is 0 Å². The summed E-state index contributed by atoms with van der Waals surface area (Å²) in [5.41, 5.74) is -0.958. The highest BCUT2D eigenvalue weighted by Gasteiger charge is 2.35. The lowest BCUT2D eigenvalue weighted by Gasteiger charge is -2.29. The number of fused-ring (bicyclic) bond motifs is 1. The molecular weight excluding hydrogens is 504 g/mol. The summed E-state index contributed by atoms with van der Waals surface area (Å²) in [5.74, 6) is 0.389. The van der Waals surface area contributed by atoms with Crippen molar-refractivity contribution >= 4 is 22.6 Å². The van der Waals surface area contributed by atoms with Crippen molar-refractivity contribution in [2.24, 2.45) is 5.92 Å². The topological polar surface area (TPSA) is 76.6 Å². The Morgan fingerprint density at radius 1 is 1.21 bits per heavy atom. The van der Waals surface area contributed by atoms with Gasteiger partial charge in [-0.1, -0.05) is 18.6 Å². The van der Waals surface area contributed by atoms with Crippen LogP contribution >= 0.6 is 0 Å². The highest BCUT2D eigenvalue weighted by atomic mass is 19.4. The maximum Gasteiger partial charge on any atom is 0.419 e. The summed E-state index contributed by atoms with van der Waals surface area (Å²) < 4.78 is 65.8. The molecule has 38 heavy (non-hydrogen) atoms. The Morgan fingerprint density at radius 2 is 1.95 bits per heavy atom. The van der Waals surface area contributed by atoms with Crippen LogP contribution in [0.15, 0.2) is 30.3 Å². The minimum atomic E-state index is -4.81. The molecule has 1 aliphatic rings. The number of nitrogens with one attached hydrogen (secondary N) is 1. The van der Waals surface area contributed by atoms with E-state index in [1.165, 1.54) is 19.2 Å². The molecule has 3 aromatic rings. The first kappa shape index (κ1) is 27.4. The molecule has 0 radical (unpaired) electrons. The maximum atomic E-state index is 14.8. The number of likely N-dealkylation sites (N-methyl/N-ethyl adjacent to an activating group) is 1. The predicted octanol–water partition coefficient (Wildman–Crippen LogP) is 5.92. The van der Waals surface area contributed by atoms with E-state index in [2.05, 4.69) is 15.3 Å². The van der Waals surface area contributed by atoms with Gasteiger partial charge in [-0.05, 0) is 38.8 Å². The SMILES string of the molecule is COc1cc2nc(C)nc(N[C@H](C)c3cccc(C(F)(F)F)c3F)c2cc1OCCN(C)C(=O)C1CCC1. The van der Waals surface area contributed by atoms with Gasteiger partial charge in [0.2, 0.25) is 5.91 Å². The number of benzene rings is 2. The molecule has 0 spiro atoms. The lowest BCUT2D eigenvalue weighted by molar-refractivity contribution is -0.140. The number of carbonyl (C=O) groups excluding carboxylic acids is 1. The number of aryl methyl sites for hydroxylation is 1. The first-order chi connectivity index (χ1) is 18.0. The number of nitrogens with zero attached hydrogens (tertiary/aromatic N) is 3. The van der Waals surface area contributed by atoms with E-state index in [9.17, 15) is 22.4 Å². The van der Waals surface area contributed by atoms with Crippen LogP contribution in [0.1, 0.15) is 49.2 Å². The Balaban J connectivity index is 1.59. The van der Waals surface area contributed by atoms with Crippen molar-refractivity contribution in [1.29, 1.82) is 0 Å². The van der Waals surface area contributed by atoms with E-state index in [1.807, 2.05) is 0 Å². The molecule has 1 aliphatic carbocycles. The van der Waals surface area contributed by atoms with Gasteiger partial charge < -0.3 is 19.7 Å². The van der Waals surface area contributed by atoms with E-state index in [1.54, 1.807) is 37.9 Å². The van der Waals surface area contributed by atoms with Gasteiger partial charge in [0.1, 0.15) is 24.1 Å². The van der Waals surface area contributed by atoms with Crippen LogP contribution < -0.4 is 14.8 Å². The highest BCUT2D eigenvalue weighted by Crippen LogP contribution is 2.37. The van der Waals surface area contributed by atoms with Gasteiger partial charge in [0.25, 0.3) is 0 Å². The molecule has 0 bridgehead atoms. The second-order valence-corrected chi connectivity index (χ2v) is 9.45. The molecule has 1 amide bonds. The van der Waals surface area contributed by atoms with Crippen molar-refractivity contribution in [3.8, 4) is 11.5 Å². The number of anilines is 1. The molecule has 7 nitrogen and oxygen atoms in total. The standard InChI is InChI=1S/C27H30F4N4O3/c1-15(18-9-6-10-20(24(18)28)27(29,30)31)32-25-19-13-23(22(37-4)14-21(19)33-16(2)34-25)38-12-11-35(3)26(36)17-7-5-8-17/h6,9-10,13-15,17H,5,7-8,11-12H2,1-4H3,(H,32,33,34)/t15-/m1/s1. The van der Waals surface area contributed by atoms with E-state index < -0.39 is 23.6 Å². The summed E-state index contributed by atoms with van der Waals surface area (Å²) in [5, 5.41) is 3.55. The molecule has 204 valence electrons. The summed E-state index contributed by atoms with van der Waals surface area (Å²) in [6, 6.07) is 5.68. The third-order valence-electron chi connectivity index (χ3n) is 6.76. The minimum Gasteiger partial charge on any atom is -0.493 e. The molecule has 1 N–H and O–H groups in total. The molecule has 1 atom stereocenters. The summed E-state index contributed by atoms with van der Waals surface area (Å²) in [7, 11) is 3.24. The summed E-state index contributed by atoms with van der Waals surface area (Å²) in [6.45, 7) is 3.83. The molecule has 2 aromatic carbocycles. The number of rotatable bonds is 9. The van der Waals surface area contributed by atoms with Gasteiger partial charge in [-0.3, -0.25) is 4.79 Å². The summed E-state index contributed by atoms with van der Waals surface area (Å²) in [6.07, 6.45) is -1.90. The number of carbonyl (C=O) groups is 1. The molecule has 0 aliphatic heterocycles. The summed E-state index contributed by atoms with van der Waals surface area (Å²) in [4.78, 5) is 22.9. The van der Waals surface area contributed by atoms with Crippen LogP contribution in [0.5, 0.6) is 11.5 Å². The predicted molar refractivity (Wildman–Crippen MR) is 135 cm³/mol. The quantitative estimate of drug-likeness (QED) is 0.344. The molecule has 1 aromatic heterocycles. The maximum absolute atomic E-state index is 14.8. The molecule has 0 unspecified atom stereocenters. The zero-order chi connectivity index (χ0) is 27.6. The Morgan fingerprint density at radius 3 is 2.58 bits per heavy atom. The average molecular weight is 535 g/mol. The van der Waals surface area contributed by atoms with Crippen molar-refractivity contribution in [3.05, 3.63) is 53.1 Å². The highest BCUT2D eigenvalue weighted by molar-refractivity contribution is 5.92. The molecule has 11 heteroatoms. The van der Waals surface area contributed by atoms with Crippen molar-refractivity contribution < 1.29 is 31.8 Å². The molecule has 4 rings (SSSR count). The van der Waals surface area contributed by atoms with Gasteiger partial charge in [0, 0.05) is 30.0 Å². The van der Waals surface area contributed by atoms with Crippen LogP contribution in [0.25, 0.3) is 10.9 Å². The zero-order valence-electron chi connectivity index (χ0n) is 21.7. The third kappa shape index (κ3) is 5.76. The van der Waals surface area contributed by atoms with Crippen LogP contribution in [0.4, 0.5) is 23.4 Å². The largest absolute Gasteiger partial charge is 0.493 e. The molecular formula is C27H30F4N4O3. The number of aromatic nitrogens is 2. The molecule has 0 saturated heterocycles. The molecule has 1 saturated carbocycles. The van der Waals surface area contributed by atoms with Gasteiger partial charge in [0.05, 0.1) is 30.8 Å². The lowest BCUT2D eigenvalue weighted by atomic mass is 9.84. The van der Waals surface area contributed by atoms with Crippen molar-refractivity contribution in [1.82, 2.24) is 14.9 Å². The van der Waals surface area contributed by atoms with Crippen LogP contribution in [-0.4, -0.2) is 48.1 Å². The number of ether oxygens (including phenoxy) is 2. The van der Waals surface area contributed by atoms with E-state index in [4.69, 9.17) is 9.47 Å². The van der Waals surface area contributed by atoms with Gasteiger partial charge in [-0.25, -0.2) is 14.4 Å². The lowest BCUT2D eigenvalue weighted by Crippen LogP contribution is -2.38. The fourth-order valence-corrected chi connectivity index (χ4v) is 4.39. The third-order valence-corrected chi connectivity index (χ3v) is 6.76. The van der Waals surface area contributed by atoms with Gasteiger partial charge in [-0.15, -0.1) is 0 Å². The minimum absolute atomic E-state index is 0.0906. The number of alkyl halides is 3. The van der Waals surface area contributed by atoms with Crippen molar-refractivity contribution in [2.75, 3.05) is 32.6 Å². The second-order valence-electron chi connectivity index (χ2n) is 9.45. The summed E-state index contributed by atoms with van der Waals surface area (Å²) >= 11 is 0. The fraction of sp³-hybridized carbons (Fsp3) is 0.444. The van der Waals surface area contributed by atoms with Crippen LogP contribution in [0.3, 0.4) is 0 Å². The Kier molecular flexibility index (Phi) is 7.94. The normalized spacial score (nSPS) is 14.6. The van der Waals surface area contributed by atoms with Crippen molar-refractivity contribution in [3.63, 3.8) is 0 Å². The Bertz CT molecular complexity index is 1330. The van der Waals surface area contributed by atoms with Gasteiger partial charge in [0.15, 0.2) is 11.5 Å². The smallest absolute Gasteiger partial charge is 0.419 e. The number of methoxy groups -OCH3 is 1. The van der Waals surface area contributed by atoms with Crippen molar-refractivity contribution in [2.45, 2.75) is 45.3 Å². The molecule has 1 fully saturated rings. The monoisotopic (exact) mass is 534 g/mol. The van der Waals surface area contributed by atoms with E-state index in [0.717, 1.165) is 19.3 Å². The number of hydrogen-bond acceptors (Lipinski definition) is 6. The van der Waals surface area contributed by atoms with Gasteiger partial charge >= 0.3 is 6.18 Å². The zero-order valence-corrected chi connectivity index (χ0v) is 21.7. The number of amides is 1. The second kappa shape index (κ2) is 11.0. The van der Waals surface area contributed by atoms with E-state index >= 15 is 0 Å². The Labute approximate surface area is 218 Å². The molecule has 1 heterocycles. The van der Waals surface area contributed by atoms with Crippen LogP contribution in [-0.2, 0) is 11.0 Å². The fourth-order valence-electron chi connectivity index (χ4n) is 4.39. The van der Waals surface area contributed by atoms with Crippen LogP contribution in [0, 0.1) is 18.7 Å². The van der Waals surface area contributed by atoms with E-state index in [-0.39, 0.29) is 24.0 Å². The number of hydrogen-bond donors (Lipinski definition) is 1. The first-order valence-electron chi connectivity index (χ1n) is 12.4. The first-order valence-corrected chi connectivity index (χ1v) is 12.4. The van der Waals surface area contributed by atoms with E-state index in [0.29, 0.717) is 46.7 Å². The van der Waals surface area contributed by atoms with Gasteiger partial charge in [-0.2, -0.15) is 13.2 Å². The average Bonchev–Trinajstić information content (AvgIpc) is 2.81.